The summed E-state index contributed by atoms with van der Waals surface area (Å²) in [6.07, 6.45) is 27.2. The van der Waals surface area contributed by atoms with Gasteiger partial charge in [-0.15, -0.1) is 0 Å². The van der Waals surface area contributed by atoms with Gasteiger partial charge in [-0.05, 0) is 32.7 Å². The van der Waals surface area contributed by atoms with Crippen LogP contribution in [0.15, 0.2) is 0 Å². The lowest BCUT2D eigenvalue weighted by atomic mass is 9.94. The van der Waals surface area contributed by atoms with E-state index < -0.39 is 0 Å². The van der Waals surface area contributed by atoms with Crippen LogP contribution in [-0.4, -0.2) is 62.6 Å². The maximum Gasteiger partial charge on any atom is 0.308 e. The maximum atomic E-state index is 13.4. The topological polar surface area (TPSA) is 84.9 Å². The first kappa shape index (κ1) is 46.4. The van der Waals surface area contributed by atoms with E-state index in [0.717, 1.165) is 64.2 Å². The summed E-state index contributed by atoms with van der Waals surface area (Å²) in [4.78, 5) is 41.5. The molecule has 0 aromatic heterocycles. The molecule has 0 aromatic rings. The van der Waals surface area contributed by atoms with Gasteiger partial charge in [0.1, 0.15) is 13.2 Å². The molecule has 0 aliphatic rings. The lowest BCUT2D eigenvalue weighted by Crippen LogP contribution is -2.42. The van der Waals surface area contributed by atoms with Gasteiger partial charge in [0.05, 0.1) is 24.9 Å². The molecule has 0 aromatic carbocycles. The van der Waals surface area contributed by atoms with Gasteiger partial charge in [-0.25, -0.2) is 0 Å². The maximum absolute atomic E-state index is 13.4. The zero-order valence-electron chi connectivity index (χ0n) is 32.7. The molecule has 1 amide bonds. The highest BCUT2D eigenvalue weighted by molar-refractivity contribution is 5.79. The third-order valence-corrected chi connectivity index (χ3v) is 9.75. The first-order valence-electron chi connectivity index (χ1n) is 20.6. The second-order valence-corrected chi connectivity index (χ2v) is 14.3. The third kappa shape index (κ3) is 25.4. The van der Waals surface area contributed by atoms with Crippen molar-refractivity contribution in [3.05, 3.63) is 0 Å². The van der Waals surface area contributed by atoms with Gasteiger partial charge >= 0.3 is 11.9 Å². The summed E-state index contributed by atoms with van der Waals surface area (Å²) >= 11 is 0. The van der Waals surface area contributed by atoms with E-state index in [1.54, 1.807) is 4.90 Å². The second kappa shape index (κ2) is 33.8. The molecule has 3 atom stereocenters. The van der Waals surface area contributed by atoms with Gasteiger partial charge in [0.25, 0.3) is 0 Å². The number of nitrogens with one attached hydrogen (secondary N) is 1. The molecule has 0 fully saturated rings. The summed E-state index contributed by atoms with van der Waals surface area (Å²) in [5.74, 6) is -0.614. The molecule has 0 saturated heterocycles. The molecule has 7 nitrogen and oxygen atoms in total. The molecular formula is C41H80N2O5. The average molecular weight is 681 g/mol. The standard InChI is InChI=1S/C41H80N2O5/c1-7-11-15-19-21-25-29-37(27-23-17-13-9-3)40(45)47-33-31-43(39(44)36(5)35-42-6)32-34-48-41(46)38(28-24-18-14-10-4)30-26-22-20-16-12-8-2/h36-38,42H,7-35H2,1-6H3. The molecule has 0 spiro atoms. The molecule has 7 heteroatoms. The SMILES string of the molecule is CCCCCCCCC(CCCCCC)C(=O)OCCN(CCOC(=O)C(CCCCCC)CCCCCCCC)C(=O)C(C)CNC. The van der Waals surface area contributed by atoms with E-state index in [0.29, 0.717) is 19.6 Å². The number of esters is 2. The Morgan fingerprint density at radius 3 is 1.17 bits per heavy atom. The highest BCUT2D eigenvalue weighted by Gasteiger charge is 2.24. The fourth-order valence-electron chi connectivity index (χ4n) is 6.52. The van der Waals surface area contributed by atoms with Crippen LogP contribution in [0.25, 0.3) is 0 Å². The largest absolute Gasteiger partial charge is 0.464 e. The molecule has 1 N–H and O–H groups in total. The minimum absolute atomic E-state index is 0.0113. The number of rotatable bonds is 35. The third-order valence-electron chi connectivity index (χ3n) is 9.75. The van der Waals surface area contributed by atoms with Crippen molar-refractivity contribution in [2.75, 3.05) is 39.9 Å². The van der Waals surface area contributed by atoms with Gasteiger partial charge in [-0.2, -0.15) is 0 Å². The fourth-order valence-corrected chi connectivity index (χ4v) is 6.52. The number of unbranched alkanes of at least 4 members (excludes halogenated alkanes) is 16. The molecule has 0 heterocycles. The Balaban J connectivity index is 5.15. The van der Waals surface area contributed by atoms with E-state index in [1.807, 2.05) is 14.0 Å². The van der Waals surface area contributed by atoms with Crippen molar-refractivity contribution in [2.45, 2.75) is 189 Å². The van der Waals surface area contributed by atoms with Gasteiger partial charge in [0, 0.05) is 12.5 Å². The van der Waals surface area contributed by atoms with E-state index in [9.17, 15) is 14.4 Å². The van der Waals surface area contributed by atoms with E-state index in [-0.39, 0.29) is 48.8 Å². The smallest absolute Gasteiger partial charge is 0.308 e. The lowest BCUT2D eigenvalue weighted by molar-refractivity contribution is -0.153. The molecule has 0 radical (unpaired) electrons. The summed E-state index contributed by atoms with van der Waals surface area (Å²) < 4.78 is 11.7. The number of carbonyl (C=O) groups is 3. The quantitative estimate of drug-likeness (QED) is 0.0530. The Hall–Kier alpha value is -1.63. The van der Waals surface area contributed by atoms with Crippen molar-refractivity contribution in [1.29, 1.82) is 0 Å². The Bertz CT molecular complexity index is 711. The van der Waals surface area contributed by atoms with Crippen LogP contribution in [0.3, 0.4) is 0 Å². The molecule has 3 unspecified atom stereocenters. The molecule has 0 aliphatic heterocycles. The monoisotopic (exact) mass is 681 g/mol. The summed E-state index contributed by atoms with van der Waals surface area (Å²) in [5, 5.41) is 3.09. The van der Waals surface area contributed by atoms with Crippen LogP contribution in [0, 0.1) is 17.8 Å². The summed E-state index contributed by atoms with van der Waals surface area (Å²) in [6, 6.07) is 0. The van der Waals surface area contributed by atoms with Crippen molar-refractivity contribution >= 4 is 17.8 Å². The minimum Gasteiger partial charge on any atom is -0.464 e. The van der Waals surface area contributed by atoms with Crippen molar-refractivity contribution < 1.29 is 23.9 Å². The zero-order chi connectivity index (χ0) is 35.7. The van der Waals surface area contributed by atoms with Gasteiger partial charge in [-0.1, -0.05) is 163 Å². The summed E-state index contributed by atoms with van der Waals surface area (Å²) in [5.41, 5.74) is 0. The average Bonchev–Trinajstić information content (AvgIpc) is 3.08. The molecule has 48 heavy (non-hydrogen) atoms. The number of nitrogens with zero attached hydrogens (tertiary/aromatic N) is 1. The van der Waals surface area contributed by atoms with E-state index in [2.05, 4.69) is 33.0 Å². The number of carbonyl (C=O) groups excluding carboxylic acids is 3. The Labute approximate surface area is 297 Å². The van der Waals surface area contributed by atoms with Crippen LogP contribution in [0.4, 0.5) is 0 Å². The highest BCUT2D eigenvalue weighted by atomic mass is 16.5. The zero-order valence-corrected chi connectivity index (χ0v) is 32.7. The Morgan fingerprint density at radius 1 is 0.521 bits per heavy atom. The van der Waals surface area contributed by atoms with Crippen molar-refractivity contribution in [3.8, 4) is 0 Å². The van der Waals surface area contributed by atoms with Gasteiger partial charge in [-0.3, -0.25) is 14.4 Å². The molecule has 0 bridgehead atoms. The van der Waals surface area contributed by atoms with Crippen LogP contribution < -0.4 is 5.32 Å². The fraction of sp³-hybridized carbons (Fsp3) is 0.927. The van der Waals surface area contributed by atoms with Crippen molar-refractivity contribution in [2.24, 2.45) is 17.8 Å². The number of hydrogen-bond acceptors (Lipinski definition) is 6. The van der Waals surface area contributed by atoms with Crippen LogP contribution in [0.2, 0.25) is 0 Å². The molecule has 0 rings (SSSR count). The van der Waals surface area contributed by atoms with Crippen molar-refractivity contribution in [3.63, 3.8) is 0 Å². The van der Waals surface area contributed by atoms with Gasteiger partial charge in [0.15, 0.2) is 0 Å². The molecular weight excluding hydrogens is 600 g/mol. The molecule has 0 saturated carbocycles. The van der Waals surface area contributed by atoms with Crippen LogP contribution in [-0.2, 0) is 23.9 Å². The van der Waals surface area contributed by atoms with E-state index >= 15 is 0 Å². The summed E-state index contributed by atoms with van der Waals surface area (Å²) in [7, 11) is 1.84. The van der Waals surface area contributed by atoms with Crippen LogP contribution in [0.1, 0.15) is 189 Å². The van der Waals surface area contributed by atoms with Gasteiger partial charge in [0.2, 0.25) is 5.91 Å². The van der Waals surface area contributed by atoms with Crippen molar-refractivity contribution in [1.82, 2.24) is 10.2 Å². The number of hydrogen-bond donors (Lipinski definition) is 1. The van der Waals surface area contributed by atoms with Gasteiger partial charge < -0.3 is 19.7 Å². The summed E-state index contributed by atoms with van der Waals surface area (Å²) in [6.45, 7) is 12.3. The first-order valence-corrected chi connectivity index (χ1v) is 20.6. The van der Waals surface area contributed by atoms with E-state index in [1.165, 1.54) is 89.9 Å². The number of amides is 1. The Kier molecular flexibility index (Phi) is 32.7. The first-order chi connectivity index (χ1) is 23.4. The van der Waals surface area contributed by atoms with Crippen LogP contribution in [0.5, 0.6) is 0 Å². The molecule has 0 aliphatic carbocycles. The predicted molar refractivity (Wildman–Crippen MR) is 202 cm³/mol. The molecule has 284 valence electrons. The normalized spacial score (nSPS) is 13.2. The van der Waals surface area contributed by atoms with E-state index in [4.69, 9.17) is 9.47 Å². The second-order valence-electron chi connectivity index (χ2n) is 14.3. The highest BCUT2D eigenvalue weighted by Crippen LogP contribution is 2.22. The minimum atomic E-state index is -0.223. The predicted octanol–water partition coefficient (Wildman–Crippen LogP) is 10.4. The van der Waals surface area contributed by atoms with Crippen LogP contribution >= 0.6 is 0 Å². The lowest BCUT2D eigenvalue weighted by Gasteiger charge is -2.26. The number of ether oxygens (including phenoxy) is 2. The Morgan fingerprint density at radius 2 is 0.833 bits per heavy atom.